The largest absolute Gasteiger partial charge is 0.297 e. The second kappa shape index (κ2) is 8.63. The molecular weight excluding hydrogens is 406 g/mol. The zero-order valence-corrected chi connectivity index (χ0v) is 17.4. The monoisotopic (exact) mass is 427 g/mol. The number of likely N-dealkylation sites (tertiary alicyclic amines) is 1. The first kappa shape index (κ1) is 20.0. The molecular formula is C22H22ClN3O2S. The van der Waals surface area contributed by atoms with Gasteiger partial charge in [-0.1, -0.05) is 66.2 Å². The maximum absolute atomic E-state index is 12.5. The predicted octanol–water partition coefficient (Wildman–Crippen LogP) is 3.95. The number of sulfonamides is 1. The van der Waals surface area contributed by atoms with Crippen molar-refractivity contribution in [1.82, 2.24) is 14.6 Å². The fourth-order valence-corrected chi connectivity index (χ4v) is 4.87. The maximum atomic E-state index is 12.5. The van der Waals surface area contributed by atoms with E-state index in [0.29, 0.717) is 11.6 Å². The van der Waals surface area contributed by atoms with E-state index < -0.39 is 10.0 Å². The van der Waals surface area contributed by atoms with Crippen LogP contribution in [-0.2, 0) is 16.6 Å². The standard InChI is InChI=1S/C22H22ClN3O2S/c23-20-10-11-22(24-14-20)29(27,28)25-21-12-13-26(16-21)15-17-6-8-19(9-7-17)18-4-2-1-3-5-18/h1-11,14,21,25H,12-13,15-16H2/t21-/m1/s1. The fraction of sp³-hybridized carbons (Fsp3) is 0.227. The Hall–Kier alpha value is -2.25. The average molecular weight is 428 g/mol. The third-order valence-corrected chi connectivity index (χ3v) is 6.70. The molecule has 0 saturated carbocycles. The van der Waals surface area contributed by atoms with Gasteiger partial charge in [-0.05, 0) is 35.2 Å². The second-order valence-electron chi connectivity index (χ2n) is 7.22. The van der Waals surface area contributed by atoms with Crippen LogP contribution >= 0.6 is 11.6 Å². The molecule has 0 amide bonds. The molecule has 1 aromatic heterocycles. The van der Waals surface area contributed by atoms with Crippen LogP contribution in [0.25, 0.3) is 11.1 Å². The number of hydrogen-bond donors (Lipinski definition) is 1. The normalized spacial score (nSPS) is 17.5. The number of nitrogens with one attached hydrogen (secondary N) is 1. The lowest BCUT2D eigenvalue weighted by atomic mass is 10.0. The third kappa shape index (κ3) is 5.03. The summed E-state index contributed by atoms with van der Waals surface area (Å²) >= 11 is 5.79. The molecule has 1 aliphatic heterocycles. The zero-order valence-electron chi connectivity index (χ0n) is 15.8. The molecule has 7 heteroatoms. The minimum Gasteiger partial charge on any atom is -0.297 e. The molecule has 5 nitrogen and oxygen atoms in total. The highest BCUT2D eigenvalue weighted by atomic mass is 35.5. The van der Waals surface area contributed by atoms with E-state index in [9.17, 15) is 8.42 Å². The van der Waals surface area contributed by atoms with E-state index in [0.717, 1.165) is 19.5 Å². The van der Waals surface area contributed by atoms with Crippen molar-refractivity contribution in [2.45, 2.75) is 24.0 Å². The summed E-state index contributed by atoms with van der Waals surface area (Å²) < 4.78 is 27.8. The lowest BCUT2D eigenvalue weighted by Crippen LogP contribution is -2.37. The van der Waals surface area contributed by atoms with Crippen LogP contribution in [-0.4, -0.2) is 37.4 Å². The van der Waals surface area contributed by atoms with E-state index in [2.05, 4.69) is 51.0 Å². The van der Waals surface area contributed by atoms with Crippen LogP contribution < -0.4 is 4.72 Å². The van der Waals surface area contributed by atoms with E-state index in [-0.39, 0.29) is 11.1 Å². The summed E-state index contributed by atoms with van der Waals surface area (Å²) in [6, 6.07) is 21.6. The molecule has 0 bridgehead atoms. The van der Waals surface area contributed by atoms with E-state index >= 15 is 0 Å². The summed E-state index contributed by atoms with van der Waals surface area (Å²) in [6.07, 6.45) is 2.12. The predicted molar refractivity (Wildman–Crippen MR) is 115 cm³/mol. The van der Waals surface area contributed by atoms with Gasteiger partial charge in [0.2, 0.25) is 0 Å². The lowest BCUT2D eigenvalue weighted by molar-refractivity contribution is 0.324. The van der Waals surface area contributed by atoms with Crippen LogP contribution in [0.4, 0.5) is 0 Å². The van der Waals surface area contributed by atoms with Crippen LogP contribution in [0.5, 0.6) is 0 Å². The maximum Gasteiger partial charge on any atom is 0.258 e. The van der Waals surface area contributed by atoms with E-state index in [1.165, 1.54) is 35.0 Å². The summed E-state index contributed by atoms with van der Waals surface area (Å²) in [6.45, 7) is 2.32. The van der Waals surface area contributed by atoms with Gasteiger partial charge in [0.25, 0.3) is 10.0 Å². The van der Waals surface area contributed by atoms with Gasteiger partial charge in [0.05, 0.1) is 5.02 Å². The Bertz CT molecular complexity index is 1060. The van der Waals surface area contributed by atoms with Crippen LogP contribution in [0.1, 0.15) is 12.0 Å². The molecule has 2 heterocycles. The minimum atomic E-state index is -3.64. The quantitative estimate of drug-likeness (QED) is 0.646. The Morgan fingerprint density at radius 2 is 1.72 bits per heavy atom. The summed E-state index contributed by atoms with van der Waals surface area (Å²) in [7, 11) is -3.64. The smallest absolute Gasteiger partial charge is 0.258 e. The molecule has 150 valence electrons. The molecule has 0 aliphatic carbocycles. The molecule has 0 unspecified atom stereocenters. The van der Waals surface area contributed by atoms with Crippen molar-refractivity contribution in [2.75, 3.05) is 13.1 Å². The van der Waals surface area contributed by atoms with Crippen LogP contribution in [0.3, 0.4) is 0 Å². The van der Waals surface area contributed by atoms with Crippen molar-refractivity contribution < 1.29 is 8.42 Å². The van der Waals surface area contributed by atoms with Gasteiger partial charge in [0.15, 0.2) is 5.03 Å². The van der Waals surface area contributed by atoms with Gasteiger partial charge < -0.3 is 0 Å². The van der Waals surface area contributed by atoms with Gasteiger partial charge in [-0.2, -0.15) is 0 Å². The molecule has 29 heavy (non-hydrogen) atoms. The molecule has 1 N–H and O–H groups in total. The first-order valence-electron chi connectivity index (χ1n) is 9.50. The highest BCUT2D eigenvalue weighted by Gasteiger charge is 2.27. The summed E-state index contributed by atoms with van der Waals surface area (Å²) in [4.78, 5) is 6.18. The molecule has 0 radical (unpaired) electrons. The zero-order chi connectivity index (χ0) is 20.3. The van der Waals surface area contributed by atoms with E-state index in [1.54, 1.807) is 0 Å². The van der Waals surface area contributed by atoms with Crippen molar-refractivity contribution in [1.29, 1.82) is 0 Å². The van der Waals surface area contributed by atoms with Crippen molar-refractivity contribution in [3.05, 3.63) is 83.5 Å². The molecule has 1 saturated heterocycles. The number of rotatable bonds is 6. The minimum absolute atomic E-state index is 0.00292. The average Bonchev–Trinajstić information content (AvgIpc) is 3.15. The molecule has 0 spiro atoms. The Labute approximate surface area is 176 Å². The summed E-state index contributed by atoms with van der Waals surface area (Å²) in [5.41, 5.74) is 3.61. The highest BCUT2D eigenvalue weighted by molar-refractivity contribution is 7.89. The SMILES string of the molecule is O=S(=O)(N[C@@H]1CCN(Cc2ccc(-c3ccccc3)cc2)C1)c1ccc(Cl)cn1. The van der Waals surface area contributed by atoms with Crippen molar-refractivity contribution in [3.8, 4) is 11.1 Å². The second-order valence-corrected chi connectivity index (χ2v) is 9.32. The summed E-state index contributed by atoms with van der Waals surface area (Å²) in [5, 5.41) is 0.408. The summed E-state index contributed by atoms with van der Waals surface area (Å²) in [5.74, 6) is 0. The number of benzene rings is 2. The molecule has 4 rings (SSSR count). The van der Waals surface area contributed by atoms with Gasteiger partial charge in [0.1, 0.15) is 0 Å². The van der Waals surface area contributed by atoms with Gasteiger partial charge in [-0.3, -0.25) is 4.90 Å². The number of aromatic nitrogens is 1. The number of nitrogens with zero attached hydrogens (tertiary/aromatic N) is 2. The Balaban J connectivity index is 1.35. The van der Waals surface area contributed by atoms with Gasteiger partial charge in [0, 0.05) is 31.9 Å². The first-order valence-corrected chi connectivity index (χ1v) is 11.4. The van der Waals surface area contributed by atoms with Crippen LogP contribution in [0.2, 0.25) is 5.02 Å². The Kier molecular flexibility index (Phi) is 5.96. The van der Waals surface area contributed by atoms with Crippen molar-refractivity contribution in [2.24, 2.45) is 0 Å². The Morgan fingerprint density at radius 1 is 1.00 bits per heavy atom. The molecule has 1 fully saturated rings. The third-order valence-electron chi connectivity index (χ3n) is 5.04. The van der Waals surface area contributed by atoms with Gasteiger partial charge in [-0.15, -0.1) is 0 Å². The molecule has 1 atom stereocenters. The van der Waals surface area contributed by atoms with Crippen molar-refractivity contribution in [3.63, 3.8) is 0 Å². The number of pyridine rings is 1. The Morgan fingerprint density at radius 3 is 2.41 bits per heavy atom. The molecule has 1 aliphatic rings. The highest BCUT2D eigenvalue weighted by Crippen LogP contribution is 2.21. The molecule has 3 aromatic rings. The number of hydrogen-bond acceptors (Lipinski definition) is 4. The van der Waals surface area contributed by atoms with Crippen LogP contribution in [0.15, 0.2) is 78.0 Å². The van der Waals surface area contributed by atoms with Gasteiger partial charge >= 0.3 is 0 Å². The van der Waals surface area contributed by atoms with Crippen LogP contribution in [0, 0.1) is 0 Å². The topological polar surface area (TPSA) is 62.3 Å². The first-order chi connectivity index (χ1) is 14.0. The lowest BCUT2D eigenvalue weighted by Gasteiger charge is -2.17. The fourth-order valence-electron chi connectivity index (χ4n) is 3.56. The molecule has 2 aromatic carbocycles. The number of halogens is 1. The van der Waals surface area contributed by atoms with E-state index in [1.807, 2.05) is 18.2 Å². The van der Waals surface area contributed by atoms with E-state index in [4.69, 9.17) is 11.6 Å². The van der Waals surface area contributed by atoms with Gasteiger partial charge in [-0.25, -0.2) is 18.1 Å². The van der Waals surface area contributed by atoms with Crippen molar-refractivity contribution >= 4 is 21.6 Å².